The zero-order chi connectivity index (χ0) is 20.8. The highest BCUT2D eigenvalue weighted by atomic mass is 35.5. The zero-order valence-corrected chi connectivity index (χ0v) is 18.1. The second-order valence-electron chi connectivity index (χ2n) is 7.11. The predicted molar refractivity (Wildman–Crippen MR) is 119 cm³/mol. The van der Waals surface area contributed by atoms with Gasteiger partial charge in [-0.1, -0.05) is 37.4 Å². The average Bonchev–Trinajstić information content (AvgIpc) is 3.02. The van der Waals surface area contributed by atoms with E-state index in [4.69, 9.17) is 16.3 Å². The number of anilines is 1. The number of benzene rings is 2. The summed E-state index contributed by atoms with van der Waals surface area (Å²) in [5.41, 5.74) is 4.31. The van der Waals surface area contributed by atoms with Crippen molar-refractivity contribution in [1.82, 2.24) is 9.55 Å². The summed E-state index contributed by atoms with van der Waals surface area (Å²) in [5, 5.41) is 4.14. The molecule has 6 heteroatoms. The van der Waals surface area contributed by atoms with Gasteiger partial charge in [0.25, 0.3) is 0 Å². The van der Waals surface area contributed by atoms with Gasteiger partial charge in [0.05, 0.1) is 29.7 Å². The molecule has 1 N–H and O–H groups in total. The van der Waals surface area contributed by atoms with Gasteiger partial charge in [0, 0.05) is 17.3 Å². The van der Waals surface area contributed by atoms with Crippen LogP contribution in [-0.2, 0) is 11.3 Å². The number of carbonyl (C=O) groups excluding carboxylic acids is 1. The van der Waals surface area contributed by atoms with Crippen LogP contribution in [0.15, 0.2) is 36.4 Å². The Kier molecular flexibility index (Phi) is 7.15. The fourth-order valence-electron chi connectivity index (χ4n) is 3.35. The number of ether oxygens (including phenoxy) is 1. The number of rotatable bonds is 9. The van der Waals surface area contributed by atoms with Gasteiger partial charge in [0.1, 0.15) is 5.82 Å². The lowest BCUT2D eigenvalue weighted by Crippen LogP contribution is -2.06. The summed E-state index contributed by atoms with van der Waals surface area (Å²) in [5.74, 6) is 0.551. The van der Waals surface area contributed by atoms with Crippen molar-refractivity contribution in [3.63, 3.8) is 0 Å². The predicted octanol–water partition coefficient (Wildman–Crippen LogP) is 5.83. The van der Waals surface area contributed by atoms with Crippen molar-refractivity contribution in [1.29, 1.82) is 0 Å². The first-order valence-corrected chi connectivity index (χ1v) is 10.6. The van der Waals surface area contributed by atoms with Gasteiger partial charge in [0.15, 0.2) is 0 Å². The van der Waals surface area contributed by atoms with Gasteiger partial charge in [-0.3, -0.25) is 0 Å². The number of carbonyl (C=O) groups is 1. The lowest BCUT2D eigenvalue weighted by molar-refractivity contribution is 0.0526. The lowest BCUT2D eigenvalue weighted by atomic mass is 10.1. The molecule has 0 aliphatic rings. The van der Waals surface area contributed by atoms with E-state index < -0.39 is 0 Å². The van der Waals surface area contributed by atoms with Crippen molar-refractivity contribution in [3.8, 4) is 0 Å². The highest BCUT2D eigenvalue weighted by Gasteiger charge is 2.14. The molecule has 29 heavy (non-hydrogen) atoms. The van der Waals surface area contributed by atoms with Crippen molar-refractivity contribution >= 4 is 34.3 Å². The van der Waals surface area contributed by atoms with E-state index in [1.165, 1.54) is 12.8 Å². The number of hydrogen-bond acceptors (Lipinski definition) is 4. The Morgan fingerprint density at radius 1 is 1.17 bits per heavy atom. The standard InChI is InChI=1S/C23H28ClN3O2/c1-4-6-7-12-25-19-10-8-18(20(24)14-19)15-27-16(3)26-21-11-9-17(13-22(21)27)23(28)29-5-2/h8-11,13-14,25H,4-7,12,15H2,1-3H3. The van der Waals surface area contributed by atoms with Gasteiger partial charge in [-0.2, -0.15) is 0 Å². The van der Waals surface area contributed by atoms with Crippen LogP contribution >= 0.6 is 11.6 Å². The maximum absolute atomic E-state index is 12.1. The van der Waals surface area contributed by atoms with E-state index >= 15 is 0 Å². The van der Waals surface area contributed by atoms with Crippen LogP contribution < -0.4 is 5.32 Å². The molecule has 0 spiro atoms. The summed E-state index contributed by atoms with van der Waals surface area (Å²) in [6.07, 6.45) is 3.58. The van der Waals surface area contributed by atoms with Crippen LogP contribution in [0.1, 0.15) is 54.9 Å². The van der Waals surface area contributed by atoms with Crippen LogP contribution in [0.3, 0.4) is 0 Å². The monoisotopic (exact) mass is 413 g/mol. The summed E-state index contributed by atoms with van der Waals surface area (Å²) in [6.45, 7) is 7.85. The van der Waals surface area contributed by atoms with E-state index in [-0.39, 0.29) is 5.97 Å². The van der Waals surface area contributed by atoms with Crippen LogP contribution in [0, 0.1) is 6.92 Å². The molecule has 1 heterocycles. The van der Waals surface area contributed by atoms with Crippen molar-refractivity contribution in [2.75, 3.05) is 18.5 Å². The van der Waals surface area contributed by atoms with Crippen LogP contribution in [0.4, 0.5) is 5.69 Å². The first-order valence-electron chi connectivity index (χ1n) is 10.2. The molecular weight excluding hydrogens is 386 g/mol. The Morgan fingerprint density at radius 3 is 2.72 bits per heavy atom. The number of halogens is 1. The molecule has 0 radical (unpaired) electrons. The fraction of sp³-hybridized carbons (Fsp3) is 0.391. The Morgan fingerprint density at radius 2 is 2.00 bits per heavy atom. The number of aromatic nitrogens is 2. The molecule has 5 nitrogen and oxygen atoms in total. The third-order valence-corrected chi connectivity index (χ3v) is 5.29. The topological polar surface area (TPSA) is 56.2 Å². The van der Waals surface area contributed by atoms with Gasteiger partial charge in [-0.25, -0.2) is 9.78 Å². The molecule has 2 aromatic carbocycles. The second kappa shape index (κ2) is 9.79. The zero-order valence-electron chi connectivity index (χ0n) is 17.3. The number of esters is 1. The molecular formula is C23H28ClN3O2. The fourth-order valence-corrected chi connectivity index (χ4v) is 3.59. The Hall–Kier alpha value is -2.53. The summed E-state index contributed by atoms with van der Waals surface area (Å²) in [7, 11) is 0. The van der Waals surface area contributed by atoms with Crippen LogP contribution in [0.25, 0.3) is 11.0 Å². The van der Waals surface area contributed by atoms with E-state index in [1.54, 1.807) is 13.0 Å². The largest absolute Gasteiger partial charge is 0.462 e. The van der Waals surface area contributed by atoms with E-state index in [1.807, 2.05) is 31.2 Å². The van der Waals surface area contributed by atoms with E-state index in [0.29, 0.717) is 23.7 Å². The smallest absolute Gasteiger partial charge is 0.338 e. The Balaban J connectivity index is 1.82. The van der Waals surface area contributed by atoms with Gasteiger partial charge in [-0.05, 0) is 56.2 Å². The first-order chi connectivity index (χ1) is 14.0. The number of imidazole rings is 1. The van der Waals surface area contributed by atoms with E-state index in [2.05, 4.69) is 27.9 Å². The number of fused-ring (bicyclic) bond motifs is 1. The summed E-state index contributed by atoms with van der Waals surface area (Å²) in [6, 6.07) is 11.5. The molecule has 3 rings (SSSR count). The third kappa shape index (κ3) is 5.10. The van der Waals surface area contributed by atoms with Crippen molar-refractivity contribution < 1.29 is 9.53 Å². The molecule has 154 valence electrons. The highest BCUT2D eigenvalue weighted by Crippen LogP contribution is 2.25. The molecule has 0 aliphatic heterocycles. The highest BCUT2D eigenvalue weighted by molar-refractivity contribution is 6.31. The Labute approximate surface area is 177 Å². The summed E-state index contributed by atoms with van der Waals surface area (Å²) < 4.78 is 7.20. The number of aryl methyl sites for hydroxylation is 1. The molecule has 1 aromatic heterocycles. The molecule has 0 bridgehead atoms. The number of unbranched alkanes of at least 4 members (excludes halogenated alkanes) is 2. The number of hydrogen-bond donors (Lipinski definition) is 1. The first kappa shape index (κ1) is 21.2. The summed E-state index contributed by atoms with van der Waals surface area (Å²) in [4.78, 5) is 16.7. The molecule has 0 saturated heterocycles. The molecule has 0 fully saturated rings. The third-order valence-electron chi connectivity index (χ3n) is 4.94. The Bertz CT molecular complexity index is 997. The van der Waals surface area contributed by atoms with Gasteiger partial charge < -0.3 is 14.6 Å². The SMILES string of the molecule is CCCCCNc1ccc(Cn2c(C)nc3ccc(C(=O)OCC)cc32)c(Cl)c1. The molecule has 0 unspecified atom stereocenters. The van der Waals surface area contributed by atoms with Gasteiger partial charge >= 0.3 is 5.97 Å². The minimum atomic E-state index is -0.323. The molecule has 0 saturated carbocycles. The van der Waals surface area contributed by atoms with Crippen molar-refractivity contribution in [2.45, 2.75) is 46.6 Å². The number of nitrogens with zero attached hydrogens (tertiary/aromatic N) is 2. The van der Waals surface area contributed by atoms with Gasteiger partial charge in [0.2, 0.25) is 0 Å². The van der Waals surface area contributed by atoms with E-state index in [0.717, 1.165) is 41.1 Å². The van der Waals surface area contributed by atoms with Crippen molar-refractivity contribution in [2.24, 2.45) is 0 Å². The van der Waals surface area contributed by atoms with E-state index in [9.17, 15) is 4.79 Å². The normalized spacial score (nSPS) is 11.0. The molecule has 3 aromatic rings. The van der Waals surface area contributed by atoms with Gasteiger partial charge in [-0.15, -0.1) is 0 Å². The van der Waals surface area contributed by atoms with Crippen LogP contribution in [0.2, 0.25) is 5.02 Å². The number of nitrogens with one attached hydrogen (secondary N) is 1. The quantitative estimate of drug-likeness (QED) is 0.354. The minimum Gasteiger partial charge on any atom is -0.462 e. The van der Waals surface area contributed by atoms with Crippen LogP contribution in [0.5, 0.6) is 0 Å². The minimum absolute atomic E-state index is 0.323. The maximum atomic E-state index is 12.1. The molecule has 0 aliphatic carbocycles. The summed E-state index contributed by atoms with van der Waals surface area (Å²) >= 11 is 6.57. The average molecular weight is 414 g/mol. The maximum Gasteiger partial charge on any atom is 0.338 e. The van der Waals surface area contributed by atoms with Crippen molar-refractivity contribution in [3.05, 3.63) is 58.4 Å². The molecule has 0 amide bonds. The molecule has 0 atom stereocenters. The van der Waals surface area contributed by atoms with Crippen LogP contribution in [-0.4, -0.2) is 28.7 Å². The lowest BCUT2D eigenvalue weighted by Gasteiger charge is -2.12. The second-order valence-corrected chi connectivity index (χ2v) is 7.52.